The van der Waals surface area contributed by atoms with E-state index in [1.807, 2.05) is 68.4 Å². The van der Waals surface area contributed by atoms with Crippen LogP contribution in [0.5, 0.6) is 11.5 Å². The quantitative estimate of drug-likeness (QED) is 0.324. The zero-order valence-electron chi connectivity index (χ0n) is 19.5. The monoisotopic (exact) mass is 461 g/mol. The lowest BCUT2D eigenvalue weighted by Crippen LogP contribution is -2.21. The number of amides is 2. The Morgan fingerprint density at radius 2 is 1.18 bits per heavy atom. The van der Waals surface area contributed by atoms with Crippen molar-refractivity contribution in [2.45, 2.75) is 20.3 Å². The molecular weight excluding hydrogens is 430 g/mol. The van der Waals surface area contributed by atoms with E-state index in [1.54, 1.807) is 24.3 Å². The molecular formula is C27H31N3O4. The second-order valence-electron chi connectivity index (χ2n) is 8.16. The molecule has 0 aromatic heterocycles. The van der Waals surface area contributed by atoms with Crippen molar-refractivity contribution in [1.29, 1.82) is 0 Å². The van der Waals surface area contributed by atoms with Crippen LogP contribution in [0.2, 0.25) is 0 Å². The van der Waals surface area contributed by atoms with Gasteiger partial charge in [0, 0.05) is 23.5 Å². The normalized spacial score (nSPS) is 10.4. The highest BCUT2D eigenvalue weighted by Crippen LogP contribution is 2.17. The predicted octanol–water partition coefficient (Wildman–Crippen LogP) is 5.18. The fourth-order valence-corrected chi connectivity index (χ4v) is 3.11. The van der Waals surface area contributed by atoms with Crippen LogP contribution in [0.4, 0.5) is 17.1 Å². The molecule has 0 saturated heterocycles. The predicted molar refractivity (Wildman–Crippen MR) is 136 cm³/mol. The van der Waals surface area contributed by atoms with Gasteiger partial charge in [-0.25, -0.2) is 0 Å². The summed E-state index contributed by atoms with van der Waals surface area (Å²) < 4.78 is 11.3. The molecule has 0 heterocycles. The fourth-order valence-electron chi connectivity index (χ4n) is 3.11. The van der Waals surface area contributed by atoms with Crippen molar-refractivity contribution in [3.63, 3.8) is 0 Å². The lowest BCUT2D eigenvalue weighted by molar-refractivity contribution is -0.117. The summed E-state index contributed by atoms with van der Waals surface area (Å²) in [5, 5.41) is 8.78. The molecule has 3 N–H and O–H groups in total. The van der Waals surface area contributed by atoms with Gasteiger partial charge in [0.1, 0.15) is 24.7 Å². The van der Waals surface area contributed by atoms with Gasteiger partial charge in [-0.15, -0.1) is 0 Å². The molecule has 7 nitrogen and oxygen atoms in total. The summed E-state index contributed by atoms with van der Waals surface area (Å²) in [4.78, 5) is 24.1. The first-order valence-corrected chi connectivity index (χ1v) is 11.3. The van der Waals surface area contributed by atoms with E-state index in [4.69, 9.17) is 9.47 Å². The van der Waals surface area contributed by atoms with E-state index >= 15 is 0 Å². The lowest BCUT2D eigenvalue weighted by atomic mass is 10.1. The largest absolute Gasteiger partial charge is 0.490 e. The van der Waals surface area contributed by atoms with E-state index in [-0.39, 0.29) is 18.4 Å². The number of hydrogen-bond donors (Lipinski definition) is 3. The molecule has 2 amide bonds. The summed E-state index contributed by atoms with van der Waals surface area (Å²) in [6, 6.07) is 24.0. The SMILES string of the molecule is CC(C)CC(=O)Nc1ccc(NCC(=O)Nc2ccc(OCCOc3ccccc3)cc2)cc1. The Morgan fingerprint density at radius 3 is 1.76 bits per heavy atom. The van der Waals surface area contributed by atoms with Crippen molar-refractivity contribution < 1.29 is 19.1 Å². The fraction of sp³-hybridized carbons (Fsp3) is 0.259. The van der Waals surface area contributed by atoms with Crippen LogP contribution in [0, 0.1) is 5.92 Å². The van der Waals surface area contributed by atoms with Gasteiger partial charge in [0.2, 0.25) is 11.8 Å². The van der Waals surface area contributed by atoms with E-state index < -0.39 is 0 Å². The van der Waals surface area contributed by atoms with Crippen LogP contribution >= 0.6 is 0 Å². The zero-order valence-corrected chi connectivity index (χ0v) is 19.5. The third-order valence-corrected chi connectivity index (χ3v) is 4.72. The number of ether oxygens (including phenoxy) is 2. The van der Waals surface area contributed by atoms with Gasteiger partial charge < -0.3 is 25.4 Å². The number of carbonyl (C=O) groups is 2. The molecule has 34 heavy (non-hydrogen) atoms. The van der Waals surface area contributed by atoms with E-state index in [2.05, 4.69) is 16.0 Å². The Balaban J connectivity index is 1.35. The van der Waals surface area contributed by atoms with Crippen LogP contribution in [0.3, 0.4) is 0 Å². The average Bonchev–Trinajstić information content (AvgIpc) is 2.82. The molecule has 0 spiro atoms. The van der Waals surface area contributed by atoms with Crippen LogP contribution in [0.25, 0.3) is 0 Å². The zero-order chi connectivity index (χ0) is 24.2. The molecule has 0 unspecified atom stereocenters. The summed E-state index contributed by atoms with van der Waals surface area (Å²) in [7, 11) is 0. The minimum absolute atomic E-state index is 0.00739. The Labute approximate surface area is 200 Å². The highest BCUT2D eigenvalue weighted by atomic mass is 16.5. The molecule has 3 aromatic rings. The first kappa shape index (κ1) is 24.6. The highest BCUT2D eigenvalue weighted by molar-refractivity contribution is 5.94. The second kappa shape index (κ2) is 12.9. The molecule has 7 heteroatoms. The molecule has 0 saturated carbocycles. The van der Waals surface area contributed by atoms with Crippen LogP contribution < -0.4 is 25.4 Å². The van der Waals surface area contributed by atoms with Gasteiger partial charge in [0.15, 0.2) is 0 Å². The van der Waals surface area contributed by atoms with Crippen LogP contribution in [-0.2, 0) is 9.59 Å². The van der Waals surface area contributed by atoms with Crippen molar-refractivity contribution >= 4 is 28.9 Å². The summed E-state index contributed by atoms with van der Waals surface area (Å²) in [5.74, 6) is 1.64. The third-order valence-electron chi connectivity index (χ3n) is 4.72. The van der Waals surface area contributed by atoms with Gasteiger partial charge in [0.25, 0.3) is 0 Å². The average molecular weight is 462 g/mol. The molecule has 3 aromatic carbocycles. The number of hydrogen-bond acceptors (Lipinski definition) is 5. The molecule has 0 aliphatic rings. The van der Waals surface area contributed by atoms with Crippen molar-refractivity contribution in [2.75, 3.05) is 35.7 Å². The smallest absolute Gasteiger partial charge is 0.243 e. The van der Waals surface area contributed by atoms with Gasteiger partial charge >= 0.3 is 0 Å². The van der Waals surface area contributed by atoms with Crippen molar-refractivity contribution in [2.24, 2.45) is 5.92 Å². The summed E-state index contributed by atoms with van der Waals surface area (Å²) >= 11 is 0. The Bertz CT molecular complexity index is 1040. The number of benzene rings is 3. The van der Waals surface area contributed by atoms with Crippen molar-refractivity contribution in [3.8, 4) is 11.5 Å². The first-order valence-electron chi connectivity index (χ1n) is 11.3. The molecule has 0 radical (unpaired) electrons. The molecule has 0 fully saturated rings. The van der Waals surface area contributed by atoms with Gasteiger partial charge in [-0.05, 0) is 66.6 Å². The van der Waals surface area contributed by atoms with E-state index in [9.17, 15) is 9.59 Å². The Kier molecular flexibility index (Phi) is 9.34. The minimum Gasteiger partial charge on any atom is -0.490 e. The van der Waals surface area contributed by atoms with Gasteiger partial charge in [0.05, 0.1) is 6.54 Å². The number of rotatable bonds is 12. The number of carbonyl (C=O) groups excluding carboxylic acids is 2. The van der Waals surface area contributed by atoms with Gasteiger partial charge in [-0.3, -0.25) is 9.59 Å². The summed E-state index contributed by atoms with van der Waals surface area (Å²) in [6.07, 6.45) is 0.482. The van der Waals surface area contributed by atoms with Gasteiger partial charge in [-0.1, -0.05) is 32.0 Å². The van der Waals surface area contributed by atoms with E-state index in [0.717, 1.165) is 17.1 Å². The Morgan fingerprint density at radius 1 is 0.676 bits per heavy atom. The lowest BCUT2D eigenvalue weighted by Gasteiger charge is -2.11. The van der Waals surface area contributed by atoms with Gasteiger partial charge in [-0.2, -0.15) is 0 Å². The molecule has 0 bridgehead atoms. The maximum atomic E-state index is 12.3. The number of anilines is 3. The first-order chi connectivity index (χ1) is 16.5. The summed E-state index contributed by atoms with van der Waals surface area (Å²) in [5.41, 5.74) is 2.20. The molecule has 0 aliphatic heterocycles. The van der Waals surface area contributed by atoms with Crippen molar-refractivity contribution in [3.05, 3.63) is 78.9 Å². The summed E-state index contributed by atoms with van der Waals surface area (Å²) in [6.45, 7) is 4.99. The highest BCUT2D eigenvalue weighted by Gasteiger charge is 2.06. The molecule has 0 atom stereocenters. The molecule has 0 aliphatic carbocycles. The third kappa shape index (κ3) is 8.86. The molecule has 3 rings (SSSR count). The second-order valence-corrected chi connectivity index (χ2v) is 8.16. The number of nitrogens with one attached hydrogen (secondary N) is 3. The Hall–Kier alpha value is -4.00. The maximum absolute atomic E-state index is 12.3. The standard InChI is InChI=1S/C27H31N3O4/c1-20(2)18-26(31)29-22-10-8-21(9-11-22)28-19-27(32)30-23-12-14-25(15-13-23)34-17-16-33-24-6-4-3-5-7-24/h3-15,20,28H,16-19H2,1-2H3,(H,29,31)(H,30,32). The maximum Gasteiger partial charge on any atom is 0.243 e. The van der Waals surface area contributed by atoms with E-state index in [1.165, 1.54) is 0 Å². The number of para-hydroxylation sites is 1. The topological polar surface area (TPSA) is 88.7 Å². The van der Waals surface area contributed by atoms with Crippen LogP contribution in [0.15, 0.2) is 78.9 Å². The van der Waals surface area contributed by atoms with Crippen LogP contribution in [-0.4, -0.2) is 31.6 Å². The van der Waals surface area contributed by atoms with Crippen LogP contribution in [0.1, 0.15) is 20.3 Å². The van der Waals surface area contributed by atoms with Crippen molar-refractivity contribution in [1.82, 2.24) is 0 Å². The van der Waals surface area contributed by atoms with E-state index in [0.29, 0.717) is 37.0 Å². The minimum atomic E-state index is -0.167. The molecule has 178 valence electrons.